The van der Waals surface area contributed by atoms with Gasteiger partial charge in [0.05, 0.1) is 20.4 Å². The second-order valence-corrected chi connectivity index (χ2v) is 9.38. The number of anilines is 1. The molecule has 10 nitrogen and oxygen atoms in total. The molecule has 0 bridgehead atoms. The number of amides is 1. The molecule has 0 spiro atoms. The average molecular weight is 482 g/mol. The Morgan fingerprint density at radius 2 is 1.84 bits per heavy atom. The second kappa shape index (κ2) is 10.1. The Kier molecular flexibility index (Phi) is 7.44. The third kappa shape index (κ3) is 5.61. The van der Waals surface area contributed by atoms with E-state index in [1.165, 1.54) is 34.6 Å². The molecular formula is C20H20ClN3O7S. The molecule has 1 aliphatic heterocycles. The van der Waals surface area contributed by atoms with Crippen molar-refractivity contribution in [3.05, 3.63) is 63.2 Å². The fraction of sp³-hybridized carbons (Fsp3) is 0.300. The Morgan fingerprint density at radius 3 is 2.53 bits per heavy atom. The molecule has 12 heteroatoms. The van der Waals surface area contributed by atoms with Crippen molar-refractivity contribution in [2.24, 2.45) is 0 Å². The molecule has 1 saturated heterocycles. The van der Waals surface area contributed by atoms with Crippen molar-refractivity contribution >= 4 is 44.9 Å². The predicted octanol–water partition coefficient (Wildman–Crippen LogP) is 3.22. The largest absolute Gasteiger partial charge is 0.452 e. The number of hydrogen-bond acceptors (Lipinski definition) is 7. The lowest BCUT2D eigenvalue weighted by atomic mass is 10.2. The van der Waals surface area contributed by atoms with Gasteiger partial charge in [-0.3, -0.25) is 14.9 Å². The van der Waals surface area contributed by atoms with Crippen LogP contribution in [-0.4, -0.2) is 49.2 Å². The number of sulfonamides is 1. The van der Waals surface area contributed by atoms with Crippen molar-refractivity contribution in [2.75, 3.05) is 25.0 Å². The number of rotatable bonds is 7. The van der Waals surface area contributed by atoms with E-state index in [2.05, 4.69) is 5.32 Å². The molecule has 170 valence electrons. The number of nitro benzene ring substituents is 1. The number of nitrogens with zero attached hydrogens (tertiary/aromatic N) is 2. The van der Waals surface area contributed by atoms with E-state index in [9.17, 15) is 28.1 Å². The minimum atomic E-state index is -3.79. The third-order valence-corrected chi connectivity index (χ3v) is 7.01. The van der Waals surface area contributed by atoms with Gasteiger partial charge in [-0.05, 0) is 37.1 Å². The molecule has 2 aromatic rings. The zero-order chi connectivity index (χ0) is 23.3. The first-order valence-corrected chi connectivity index (χ1v) is 11.5. The summed E-state index contributed by atoms with van der Waals surface area (Å²) in [6.07, 6.45) is 2.49. The molecule has 0 saturated carbocycles. The van der Waals surface area contributed by atoms with Gasteiger partial charge in [-0.25, -0.2) is 13.2 Å². The summed E-state index contributed by atoms with van der Waals surface area (Å²) in [6.45, 7) is 0.117. The Balaban J connectivity index is 1.67. The van der Waals surface area contributed by atoms with Gasteiger partial charge in [-0.2, -0.15) is 4.31 Å². The van der Waals surface area contributed by atoms with Gasteiger partial charge in [-0.1, -0.05) is 24.1 Å². The molecule has 0 unspecified atom stereocenters. The number of carbonyl (C=O) groups excluding carboxylic acids is 2. The van der Waals surface area contributed by atoms with Crippen molar-refractivity contribution in [1.82, 2.24) is 4.31 Å². The van der Waals surface area contributed by atoms with Crippen molar-refractivity contribution in [3.8, 4) is 0 Å². The van der Waals surface area contributed by atoms with E-state index in [1.54, 1.807) is 0 Å². The first kappa shape index (κ1) is 23.6. The highest BCUT2D eigenvalue weighted by Gasteiger charge is 2.27. The number of piperidine rings is 1. The van der Waals surface area contributed by atoms with Gasteiger partial charge in [0, 0.05) is 30.9 Å². The van der Waals surface area contributed by atoms with E-state index in [4.69, 9.17) is 16.3 Å². The fourth-order valence-corrected chi connectivity index (χ4v) is 4.92. The van der Waals surface area contributed by atoms with Gasteiger partial charge in [-0.15, -0.1) is 0 Å². The Bertz CT molecular complexity index is 1150. The van der Waals surface area contributed by atoms with Crippen LogP contribution in [0.4, 0.5) is 11.4 Å². The van der Waals surface area contributed by atoms with Gasteiger partial charge in [0.1, 0.15) is 0 Å². The van der Waals surface area contributed by atoms with E-state index in [0.717, 1.165) is 31.4 Å². The van der Waals surface area contributed by atoms with Crippen LogP contribution in [0.5, 0.6) is 0 Å². The molecule has 0 radical (unpaired) electrons. The highest BCUT2D eigenvalue weighted by atomic mass is 35.5. The van der Waals surface area contributed by atoms with E-state index >= 15 is 0 Å². The van der Waals surface area contributed by atoms with Crippen LogP contribution in [0.1, 0.15) is 29.6 Å². The molecule has 1 N–H and O–H groups in total. The molecule has 0 aliphatic carbocycles. The van der Waals surface area contributed by atoms with Crippen LogP contribution in [0.3, 0.4) is 0 Å². The lowest BCUT2D eigenvalue weighted by molar-refractivity contribution is -0.384. The number of esters is 1. The predicted molar refractivity (Wildman–Crippen MR) is 116 cm³/mol. The van der Waals surface area contributed by atoms with Crippen LogP contribution in [0.25, 0.3) is 0 Å². The monoisotopic (exact) mass is 481 g/mol. The van der Waals surface area contributed by atoms with Crippen LogP contribution in [0, 0.1) is 10.1 Å². The molecule has 1 heterocycles. The summed E-state index contributed by atoms with van der Waals surface area (Å²) >= 11 is 6.05. The fourth-order valence-electron chi connectivity index (χ4n) is 3.18. The SMILES string of the molecule is O=C(COC(=O)c1cc(S(=O)(=O)N2CCCCC2)ccc1Cl)Nc1cccc([N+](=O)[O-])c1. The lowest BCUT2D eigenvalue weighted by Gasteiger charge is -2.26. The van der Waals surface area contributed by atoms with E-state index in [0.29, 0.717) is 13.1 Å². The van der Waals surface area contributed by atoms with Crippen LogP contribution < -0.4 is 5.32 Å². The zero-order valence-corrected chi connectivity index (χ0v) is 18.4. The van der Waals surface area contributed by atoms with Crippen molar-refractivity contribution in [3.63, 3.8) is 0 Å². The van der Waals surface area contributed by atoms with Gasteiger partial charge < -0.3 is 10.1 Å². The standard InChI is InChI=1S/C20H20ClN3O7S/c21-18-8-7-16(32(29,30)23-9-2-1-3-10-23)12-17(18)20(26)31-13-19(25)22-14-5-4-6-15(11-14)24(27)28/h4-8,11-12H,1-3,9-10,13H2,(H,22,25). The lowest BCUT2D eigenvalue weighted by Crippen LogP contribution is -2.35. The van der Waals surface area contributed by atoms with Gasteiger partial charge >= 0.3 is 5.97 Å². The van der Waals surface area contributed by atoms with Crippen molar-refractivity contribution < 1.29 is 27.7 Å². The minimum absolute atomic E-state index is 0.0216. The Hall–Kier alpha value is -3.02. The van der Waals surface area contributed by atoms with Gasteiger partial charge in [0.2, 0.25) is 10.0 Å². The maximum atomic E-state index is 12.8. The molecule has 32 heavy (non-hydrogen) atoms. The first-order chi connectivity index (χ1) is 15.2. The molecule has 1 amide bonds. The molecular weight excluding hydrogens is 462 g/mol. The Morgan fingerprint density at radius 1 is 1.12 bits per heavy atom. The quantitative estimate of drug-likeness (QED) is 0.364. The van der Waals surface area contributed by atoms with Gasteiger partial charge in [0.25, 0.3) is 11.6 Å². The number of nitrogens with one attached hydrogen (secondary N) is 1. The highest BCUT2D eigenvalue weighted by Crippen LogP contribution is 2.25. The molecule has 3 rings (SSSR count). The second-order valence-electron chi connectivity index (χ2n) is 7.04. The van der Waals surface area contributed by atoms with Crippen LogP contribution >= 0.6 is 11.6 Å². The third-order valence-electron chi connectivity index (χ3n) is 4.79. The molecule has 0 atom stereocenters. The van der Waals surface area contributed by atoms with Crippen molar-refractivity contribution in [2.45, 2.75) is 24.2 Å². The van der Waals surface area contributed by atoms with Crippen molar-refractivity contribution in [1.29, 1.82) is 0 Å². The number of carbonyl (C=O) groups is 2. The minimum Gasteiger partial charge on any atom is -0.452 e. The summed E-state index contributed by atoms with van der Waals surface area (Å²) in [4.78, 5) is 34.6. The average Bonchev–Trinajstić information content (AvgIpc) is 2.78. The molecule has 1 aliphatic rings. The number of ether oxygens (including phenoxy) is 1. The summed E-state index contributed by atoms with van der Waals surface area (Å²) in [6, 6.07) is 9.00. The number of nitro groups is 1. The summed E-state index contributed by atoms with van der Waals surface area (Å²) in [5, 5.41) is 13.2. The summed E-state index contributed by atoms with van der Waals surface area (Å²) in [7, 11) is -3.79. The summed E-state index contributed by atoms with van der Waals surface area (Å²) < 4.78 is 32.0. The number of hydrogen-bond donors (Lipinski definition) is 1. The molecule has 2 aromatic carbocycles. The van der Waals surface area contributed by atoms with Gasteiger partial charge in [0.15, 0.2) is 6.61 Å². The smallest absolute Gasteiger partial charge is 0.340 e. The topological polar surface area (TPSA) is 136 Å². The van der Waals surface area contributed by atoms with E-state index in [1.807, 2.05) is 0 Å². The van der Waals surface area contributed by atoms with Crippen LogP contribution in [0.15, 0.2) is 47.4 Å². The number of benzene rings is 2. The molecule has 0 aromatic heterocycles. The molecule has 1 fully saturated rings. The first-order valence-electron chi connectivity index (χ1n) is 9.69. The highest BCUT2D eigenvalue weighted by molar-refractivity contribution is 7.89. The normalized spacial score (nSPS) is 14.5. The number of halogens is 1. The maximum absolute atomic E-state index is 12.8. The summed E-state index contributed by atoms with van der Waals surface area (Å²) in [5.74, 6) is -1.70. The Labute approximate surface area is 189 Å². The maximum Gasteiger partial charge on any atom is 0.340 e. The van der Waals surface area contributed by atoms with E-state index < -0.39 is 33.4 Å². The summed E-state index contributed by atoms with van der Waals surface area (Å²) in [5.41, 5.74) is -0.237. The van der Waals surface area contributed by atoms with Crippen LogP contribution in [-0.2, 0) is 19.6 Å². The zero-order valence-electron chi connectivity index (χ0n) is 16.8. The van der Waals surface area contributed by atoms with Crippen LogP contribution in [0.2, 0.25) is 5.02 Å². The van der Waals surface area contributed by atoms with E-state index in [-0.39, 0.29) is 26.9 Å². The number of non-ortho nitro benzene ring substituents is 1.